The van der Waals surface area contributed by atoms with Gasteiger partial charge in [0.05, 0.1) is 29.6 Å². The zero-order valence-corrected chi connectivity index (χ0v) is 15.6. The number of fused-ring (bicyclic) bond motifs is 1. The summed E-state index contributed by atoms with van der Waals surface area (Å²) in [6.07, 6.45) is 1.71. The van der Waals surface area contributed by atoms with Gasteiger partial charge < -0.3 is 24.9 Å². The Kier molecular flexibility index (Phi) is 4.53. The van der Waals surface area contributed by atoms with Crippen molar-refractivity contribution in [1.29, 1.82) is 0 Å². The van der Waals surface area contributed by atoms with Crippen molar-refractivity contribution in [3.63, 3.8) is 0 Å². The molecule has 2 aromatic heterocycles. The molecule has 0 radical (unpaired) electrons. The van der Waals surface area contributed by atoms with Crippen LogP contribution in [0.15, 0.2) is 36.5 Å². The summed E-state index contributed by atoms with van der Waals surface area (Å²) in [6.45, 7) is 1.65. The monoisotopic (exact) mass is 367 g/mol. The third-order valence-corrected chi connectivity index (χ3v) is 4.61. The van der Waals surface area contributed by atoms with Gasteiger partial charge in [0.25, 0.3) is 0 Å². The molecule has 0 atom stereocenters. The molecule has 7 nitrogen and oxygen atoms in total. The number of ether oxygens (including phenoxy) is 1. The number of carboxylic acids is 1. The first-order valence-corrected chi connectivity index (χ1v) is 8.29. The number of carbonyl (C=O) groups excluding carboxylic acids is 1. The maximum atomic E-state index is 13.2. The summed E-state index contributed by atoms with van der Waals surface area (Å²) in [5, 5.41) is 9.70. The van der Waals surface area contributed by atoms with E-state index in [0.717, 1.165) is 5.69 Å². The van der Waals surface area contributed by atoms with Crippen LogP contribution in [0, 0.1) is 6.92 Å². The molecule has 140 valence electrons. The summed E-state index contributed by atoms with van der Waals surface area (Å²) < 4.78 is 6.81. The highest BCUT2D eigenvalue weighted by atomic mass is 16.5. The smallest absolute Gasteiger partial charge is 0.338 e. The van der Waals surface area contributed by atoms with Gasteiger partial charge >= 0.3 is 5.97 Å². The van der Waals surface area contributed by atoms with Gasteiger partial charge in [0.2, 0.25) is 5.78 Å². The molecule has 0 spiro atoms. The molecule has 3 N–H and O–H groups in total. The molecule has 0 saturated carbocycles. The molecular formula is C20H21N3O4. The lowest BCUT2D eigenvalue weighted by Gasteiger charge is -2.13. The Bertz CT molecular complexity index is 1070. The average molecular weight is 367 g/mol. The number of nitrogens with zero attached hydrogens (tertiary/aromatic N) is 2. The van der Waals surface area contributed by atoms with E-state index in [9.17, 15) is 14.7 Å². The summed E-state index contributed by atoms with van der Waals surface area (Å²) in [7, 11) is 5.22. The second-order valence-corrected chi connectivity index (χ2v) is 6.47. The molecule has 0 aliphatic carbocycles. The fraction of sp³-hybridized carbons (Fsp3) is 0.200. The maximum Gasteiger partial charge on any atom is 0.338 e. The summed E-state index contributed by atoms with van der Waals surface area (Å²) in [6, 6.07) is 8.35. The summed E-state index contributed by atoms with van der Waals surface area (Å²) >= 11 is 0. The second kappa shape index (κ2) is 6.68. The number of ketones is 1. The van der Waals surface area contributed by atoms with Crippen molar-refractivity contribution in [2.45, 2.75) is 6.92 Å². The Morgan fingerprint density at radius 3 is 2.48 bits per heavy atom. The van der Waals surface area contributed by atoms with Gasteiger partial charge in [0.15, 0.2) is 0 Å². The number of nitrogen functional groups attached to an aromatic ring is 1. The molecule has 27 heavy (non-hydrogen) atoms. The molecule has 0 bridgehead atoms. The van der Waals surface area contributed by atoms with Crippen LogP contribution in [0.5, 0.6) is 5.75 Å². The minimum atomic E-state index is -1.07. The van der Waals surface area contributed by atoms with Crippen molar-refractivity contribution in [2.75, 3.05) is 31.8 Å². The third kappa shape index (κ3) is 2.97. The largest absolute Gasteiger partial charge is 0.495 e. The molecule has 0 saturated heterocycles. The fourth-order valence-electron chi connectivity index (χ4n) is 3.18. The predicted octanol–water partition coefficient (Wildman–Crippen LogP) is 2.83. The van der Waals surface area contributed by atoms with E-state index in [2.05, 4.69) is 0 Å². The second-order valence-electron chi connectivity index (χ2n) is 6.47. The quantitative estimate of drug-likeness (QED) is 0.532. The van der Waals surface area contributed by atoms with Gasteiger partial charge in [0.1, 0.15) is 5.75 Å². The van der Waals surface area contributed by atoms with Crippen LogP contribution in [-0.2, 0) is 0 Å². The number of methoxy groups -OCH3 is 1. The number of aromatic nitrogens is 1. The highest BCUT2D eigenvalue weighted by molar-refractivity contribution is 6.13. The summed E-state index contributed by atoms with van der Waals surface area (Å²) in [5.74, 6) is -0.978. The Morgan fingerprint density at radius 2 is 1.89 bits per heavy atom. The van der Waals surface area contributed by atoms with Crippen LogP contribution in [0.1, 0.15) is 32.0 Å². The lowest BCUT2D eigenvalue weighted by Crippen LogP contribution is -2.10. The first-order valence-electron chi connectivity index (χ1n) is 8.29. The lowest BCUT2D eigenvalue weighted by molar-refractivity contribution is 0.0698. The van der Waals surface area contributed by atoms with Gasteiger partial charge in [-0.2, -0.15) is 0 Å². The zero-order chi connectivity index (χ0) is 19.9. The number of rotatable bonds is 5. The predicted molar refractivity (Wildman–Crippen MR) is 104 cm³/mol. The standard InChI is InChI=1S/C20H21N3O4/c1-11-17(20(25)26)15-10-13(22(2)3)7-8-23(15)18(11)19(24)12-5-6-14(21)16(9-12)27-4/h5-10H,21H2,1-4H3,(H,25,26). The highest BCUT2D eigenvalue weighted by Gasteiger charge is 2.25. The Balaban J connectivity index is 2.26. The number of hydrogen-bond acceptors (Lipinski definition) is 5. The van der Waals surface area contributed by atoms with Crippen LogP contribution in [0.4, 0.5) is 11.4 Å². The Labute approximate surface area is 156 Å². The Hall–Kier alpha value is -3.48. The molecule has 1 aromatic carbocycles. The van der Waals surface area contributed by atoms with E-state index in [1.807, 2.05) is 25.1 Å². The van der Waals surface area contributed by atoms with Gasteiger partial charge in [-0.15, -0.1) is 0 Å². The molecular weight excluding hydrogens is 346 g/mol. The molecule has 0 unspecified atom stereocenters. The van der Waals surface area contributed by atoms with Crippen LogP contribution in [-0.4, -0.2) is 42.5 Å². The summed E-state index contributed by atoms with van der Waals surface area (Å²) in [5.41, 5.74) is 8.77. The van der Waals surface area contributed by atoms with Crippen molar-refractivity contribution >= 4 is 28.6 Å². The van der Waals surface area contributed by atoms with Crippen LogP contribution >= 0.6 is 0 Å². The first kappa shape index (κ1) is 18.3. The van der Waals surface area contributed by atoms with Gasteiger partial charge in [-0.3, -0.25) is 4.79 Å². The van der Waals surface area contributed by atoms with Gasteiger partial charge in [-0.1, -0.05) is 0 Å². The van der Waals surface area contributed by atoms with Crippen molar-refractivity contribution in [3.8, 4) is 5.75 Å². The van der Waals surface area contributed by atoms with Crippen LogP contribution < -0.4 is 15.4 Å². The lowest BCUT2D eigenvalue weighted by atomic mass is 10.0. The Morgan fingerprint density at radius 1 is 1.19 bits per heavy atom. The summed E-state index contributed by atoms with van der Waals surface area (Å²) in [4.78, 5) is 26.9. The van der Waals surface area contributed by atoms with E-state index in [-0.39, 0.29) is 11.3 Å². The molecule has 0 amide bonds. The number of anilines is 2. The van der Waals surface area contributed by atoms with E-state index in [4.69, 9.17) is 10.5 Å². The van der Waals surface area contributed by atoms with Gasteiger partial charge in [-0.05, 0) is 42.8 Å². The molecule has 3 rings (SSSR count). The van der Waals surface area contributed by atoms with Crippen LogP contribution in [0.25, 0.3) is 5.52 Å². The van der Waals surface area contributed by atoms with Gasteiger partial charge in [0, 0.05) is 31.5 Å². The number of carboxylic acid groups (broad SMARTS) is 1. The number of hydrogen-bond donors (Lipinski definition) is 2. The molecule has 3 aromatic rings. The highest BCUT2D eigenvalue weighted by Crippen LogP contribution is 2.30. The van der Waals surface area contributed by atoms with Crippen molar-refractivity contribution < 1.29 is 19.4 Å². The van der Waals surface area contributed by atoms with E-state index in [1.165, 1.54) is 7.11 Å². The van der Waals surface area contributed by atoms with Crippen molar-refractivity contribution in [1.82, 2.24) is 4.40 Å². The number of pyridine rings is 1. The normalized spacial score (nSPS) is 10.8. The molecule has 0 aliphatic rings. The van der Waals surface area contributed by atoms with E-state index in [1.54, 1.807) is 41.8 Å². The SMILES string of the molecule is COc1cc(C(=O)c2c(C)c(C(=O)O)c3cc(N(C)C)ccn23)ccc1N. The molecule has 0 fully saturated rings. The number of benzene rings is 1. The minimum Gasteiger partial charge on any atom is -0.495 e. The average Bonchev–Trinajstić information content (AvgIpc) is 2.92. The molecule has 0 aliphatic heterocycles. The number of carbonyl (C=O) groups is 2. The van der Waals surface area contributed by atoms with Crippen LogP contribution in [0.3, 0.4) is 0 Å². The first-order chi connectivity index (χ1) is 12.8. The number of aromatic carboxylic acids is 1. The van der Waals surface area contributed by atoms with E-state index < -0.39 is 5.97 Å². The maximum absolute atomic E-state index is 13.2. The fourth-order valence-corrected chi connectivity index (χ4v) is 3.18. The molecule has 2 heterocycles. The third-order valence-electron chi connectivity index (χ3n) is 4.61. The molecule has 7 heteroatoms. The van der Waals surface area contributed by atoms with Crippen molar-refractivity contribution in [2.24, 2.45) is 0 Å². The zero-order valence-electron chi connectivity index (χ0n) is 15.6. The van der Waals surface area contributed by atoms with E-state index >= 15 is 0 Å². The van der Waals surface area contributed by atoms with E-state index in [0.29, 0.717) is 33.8 Å². The van der Waals surface area contributed by atoms with Gasteiger partial charge in [-0.25, -0.2) is 4.79 Å². The minimum absolute atomic E-state index is 0.115. The topological polar surface area (TPSA) is 97.3 Å². The number of nitrogens with two attached hydrogens (primary N) is 1. The van der Waals surface area contributed by atoms with Crippen LogP contribution in [0.2, 0.25) is 0 Å². The van der Waals surface area contributed by atoms with Crippen molar-refractivity contribution in [3.05, 3.63) is 58.9 Å².